The minimum atomic E-state index is -0.387. The van der Waals surface area contributed by atoms with E-state index in [1.807, 2.05) is 50.4 Å². The highest BCUT2D eigenvalue weighted by Gasteiger charge is 2.23. The fraction of sp³-hybridized carbons (Fsp3) is 0.300. The second kappa shape index (κ2) is 11.3. The molecule has 2 aromatic carbocycles. The van der Waals surface area contributed by atoms with Crippen molar-refractivity contribution in [3.05, 3.63) is 57.7 Å². The largest absolute Gasteiger partial charge is 0.497 e. The number of ether oxygens (including phenoxy) is 2. The molecule has 0 saturated carbocycles. The molecule has 220 valence electrons. The number of nitrogens with zero attached hydrogens (tertiary/aromatic N) is 6. The Morgan fingerprint density at radius 2 is 1.98 bits per heavy atom. The van der Waals surface area contributed by atoms with Crippen LogP contribution in [-0.4, -0.2) is 62.3 Å². The Bertz CT molecular complexity index is 1940. The zero-order valence-electron chi connectivity index (χ0n) is 23.7. The number of hydrogen-bond donors (Lipinski definition) is 1. The molecule has 6 aromatic rings. The normalized spacial score (nSPS) is 15.4. The summed E-state index contributed by atoms with van der Waals surface area (Å²) >= 11 is 4.65. The van der Waals surface area contributed by atoms with Gasteiger partial charge in [-0.15, -0.1) is 22.7 Å². The third-order valence-electron chi connectivity index (χ3n) is 7.41. The molecule has 1 aliphatic rings. The van der Waals surface area contributed by atoms with Crippen molar-refractivity contribution < 1.29 is 19.4 Å². The number of benzene rings is 2. The van der Waals surface area contributed by atoms with E-state index in [0.717, 1.165) is 83.4 Å². The number of aryl methyl sites for hydroxylation is 2. The standard InChI is InChI=1S/C30H28N6O4S3/c1-16-24(32-28(41-16)21-7-6-18(14-37)9-25(21)35-8-4-5-19(38)12-35)15-40-26-11-20(39-3)10-22-27(26)43-29(31-22)23-13-36-30(33-23)42-17(2)34-36/h6-7,9-11,13-14,19,38H,4-5,8,12,15H2,1-3H3. The Hall–Kier alpha value is -3.91. The summed E-state index contributed by atoms with van der Waals surface area (Å²) in [6.45, 7) is 5.62. The van der Waals surface area contributed by atoms with E-state index >= 15 is 0 Å². The molecule has 1 unspecified atom stereocenters. The van der Waals surface area contributed by atoms with Crippen LogP contribution < -0.4 is 14.4 Å². The molecule has 1 saturated heterocycles. The van der Waals surface area contributed by atoms with Crippen LogP contribution in [0.25, 0.3) is 36.5 Å². The monoisotopic (exact) mass is 632 g/mol. The van der Waals surface area contributed by atoms with Gasteiger partial charge in [0.1, 0.15) is 45.1 Å². The van der Waals surface area contributed by atoms with Crippen molar-refractivity contribution in [3.8, 4) is 32.8 Å². The second-order valence-electron chi connectivity index (χ2n) is 10.4. The quantitative estimate of drug-likeness (QED) is 0.197. The van der Waals surface area contributed by atoms with Gasteiger partial charge in [-0.2, -0.15) is 5.10 Å². The van der Waals surface area contributed by atoms with Crippen molar-refractivity contribution >= 4 is 61.2 Å². The van der Waals surface area contributed by atoms with Crippen molar-refractivity contribution in [2.45, 2.75) is 39.4 Å². The zero-order chi connectivity index (χ0) is 29.7. The van der Waals surface area contributed by atoms with Gasteiger partial charge in [-0.1, -0.05) is 17.4 Å². The molecule has 5 heterocycles. The molecular formula is C30H28N6O4S3. The third kappa shape index (κ3) is 5.37. The molecule has 10 nitrogen and oxygen atoms in total. The summed E-state index contributed by atoms with van der Waals surface area (Å²) in [6, 6.07) is 9.43. The average Bonchev–Trinajstić information content (AvgIpc) is 3.77. The van der Waals surface area contributed by atoms with Crippen molar-refractivity contribution in [3.63, 3.8) is 0 Å². The minimum absolute atomic E-state index is 0.269. The number of anilines is 1. The highest BCUT2D eigenvalue weighted by atomic mass is 32.1. The van der Waals surface area contributed by atoms with Crippen LogP contribution in [0, 0.1) is 13.8 Å². The van der Waals surface area contributed by atoms with E-state index in [-0.39, 0.29) is 12.7 Å². The Labute approximate surface area is 259 Å². The number of rotatable bonds is 8. The number of hydrogen-bond acceptors (Lipinski definition) is 12. The number of aromatic nitrogens is 5. The van der Waals surface area contributed by atoms with Gasteiger partial charge in [0.25, 0.3) is 0 Å². The summed E-state index contributed by atoms with van der Waals surface area (Å²) in [7, 11) is 1.63. The molecule has 0 bridgehead atoms. The molecule has 1 N–H and O–H groups in total. The lowest BCUT2D eigenvalue weighted by Gasteiger charge is -2.33. The lowest BCUT2D eigenvalue weighted by molar-refractivity contribution is 0.112. The van der Waals surface area contributed by atoms with Gasteiger partial charge >= 0.3 is 0 Å². The number of carbonyl (C=O) groups excluding carboxylic acids is 1. The zero-order valence-corrected chi connectivity index (χ0v) is 26.2. The number of methoxy groups -OCH3 is 1. The predicted molar refractivity (Wildman–Crippen MR) is 170 cm³/mol. The molecule has 1 atom stereocenters. The van der Waals surface area contributed by atoms with Gasteiger partial charge in [0.15, 0.2) is 0 Å². The van der Waals surface area contributed by atoms with Gasteiger partial charge < -0.3 is 19.5 Å². The Morgan fingerprint density at radius 3 is 2.77 bits per heavy atom. The van der Waals surface area contributed by atoms with Crippen molar-refractivity contribution in [2.75, 3.05) is 25.1 Å². The topological polar surface area (TPSA) is 115 Å². The van der Waals surface area contributed by atoms with Gasteiger partial charge in [-0.25, -0.2) is 19.5 Å². The van der Waals surface area contributed by atoms with E-state index < -0.39 is 0 Å². The summed E-state index contributed by atoms with van der Waals surface area (Å²) in [5.41, 5.74) is 4.83. The SMILES string of the molecule is COc1cc(OCc2nc(-c3ccc(C=O)cc3N3CCCC(O)C3)sc2C)c2sc(-c3cn4nc(C)sc4n3)nc2c1. The molecule has 4 aromatic heterocycles. The maximum atomic E-state index is 11.6. The number of thiazole rings is 2. The van der Waals surface area contributed by atoms with E-state index in [9.17, 15) is 9.90 Å². The summed E-state index contributed by atoms with van der Waals surface area (Å²) in [5.74, 6) is 1.32. The molecule has 1 fully saturated rings. The third-order valence-corrected chi connectivity index (χ3v) is 10.4. The van der Waals surface area contributed by atoms with Gasteiger partial charge in [-0.3, -0.25) is 4.79 Å². The molecule has 7 rings (SSSR count). The van der Waals surface area contributed by atoms with Crippen LogP contribution in [0.15, 0.2) is 36.5 Å². The number of β-amino-alcohol motifs (C(OH)–C–C–N with tert-alkyl or cyclic N) is 1. The summed E-state index contributed by atoms with van der Waals surface area (Å²) < 4.78 is 14.6. The number of fused-ring (bicyclic) bond motifs is 2. The van der Waals surface area contributed by atoms with Crippen LogP contribution in [0.5, 0.6) is 11.5 Å². The Balaban J connectivity index is 1.19. The predicted octanol–water partition coefficient (Wildman–Crippen LogP) is 6.17. The minimum Gasteiger partial charge on any atom is -0.497 e. The summed E-state index contributed by atoms with van der Waals surface area (Å²) in [4.78, 5) is 30.1. The number of aliphatic hydroxyl groups is 1. The lowest BCUT2D eigenvalue weighted by atomic mass is 10.0. The molecule has 13 heteroatoms. The summed E-state index contributed by atoms with van der Waals surface area (Å²) in [5, 5.41) is 17.4. The molecule has 0 radical (unpaired) electrons. The molecule has 0 amide bonds. The fourth-order valence-corrected chi connectivity index (χ4v) is 7.92. The number of aldehydes is 1. The number of piperidine rings is 1. The van der Waals surface area contributed by atoms with Crippen molar-refractivity contribution in [2.24, 2.45) is 0 Å². The Morgan fingerprint density at radius 1 is 1.09 bits per heavy atom. The maximum absolute atomic E-state index is 11.6. The second-order valence-corrected chi connectivity index (χ2v) is 13.8. The van der Waals surface area contributed by atoms with Crippen LogP contribution >= 0.6 is 34.0 Å². The highest BCUT2D eigenvalue weighted by Crippen LogP contribution is 2.40. The van der Waals surface area contributed by atoms with Crippen LogP contribution in [0.1, 0.15) is 38.8 Å². The molecular weight excluding hydrogens is 605 g/mol. The van der Waals surface area contributed by atoms with Gasteiger partial charge in [0.05, 0.1) is 35.3 Å². The first-order chi connectivity index (χ1) is 20.9. The Kier molecular flexibility index (Phi) is 7.33. The van der Waals surface area contributed by atoms with Crippen LogP contribution in [0.4, 0.5) is 5.69 Å². The highest BCUT2D eigenvalue weighted by molar-refractivity contribution is 7.22. The maximum Gasteiger partial charge on any atom is 0.212 e. The van der Waals surface area contributed by atoms with E-state index in [4.69, 9.17) is 24.4 Å². The van der Waals surface area contributed by atoms with Crippen molar-refractivity contribution in [1.29, 1.82) is 0 Å². The first-order valence-corrected chi connectivity index (χ1v) is 16.3. The van der Waals surface area contributed by atoms with Crippen molar-refractivity contribution in [1.82, 2.24) is 24.6 Å². The van der Waals surface area contributed by atoms with Crippen LogP contribution in [0.3, 0.4) is 0 Å². The van der Waals surface area contributed by atoms with Gasteiger partial charge in [0.2, 0.25) is 4.96 Å². The van der Waals surface area contributed by atoms with E-state index in [1.165, 1.54) is 22.7 Å². The smallest absolute Gasteiger partial charge is 0.212 e. The molecule has 43 heavy (non-hydrogen) atoms. The first kappa shape index (κ1) is 27.9. The number of aliphatic hydroxyl groups excluding tert-OH is 1. The van der Waals surface area contributed by atoms with E-state index in [1.54, 1.807) is 23.0 Å². The average molecular weight is 633 g/mol. The van der Waals surface area contributed by atoms with Gasteiger partial charge in [0, 0.05) is 46.9 Å². The fourth-order valence-electron chi connectivity index (χ4n) is 5.28. The number of imidazole rings is 1. The van der Waals surface area contributed by atoms with Crippen LogP contribution in [0.2, 0.25) is 0 Å². The molecule has 0 aliphatic carbocycles. The number of carbonyl (C=O) groups is 1. The van der Waals surface area contributed by atoms with E-state index in [2.05, 4.69) is 10.00 Å². The van der Waals surface area contributed by atoms with Gasteiger partial charge in [-0.05, 0) is 38.8 Å². The van der Waals surface area contributed by atoms with Crippen LogP contribution in [-0.2, 0) is 6.61 Å². The van der Waals surface area contributed by atoms with E-state index in [0.29, 0.717) is 23.6 Å². The lowest BCUT2D eigenvalue weighted by Crippen LogP contribution is -2.38. The molecule has 1 aliphatic heterocycles. The summed E-state index contributed by atoms with van der Waals surface area (Å²) in [6.07, 6.45) is 4.04. The molecule has 0 spiro atoms. The first-order valence-electron chi connectivity index (χ1n) is 13.8.